The van der Waals surface area contributed by atoms with Crippen LogP contribution in [0.1, 0.15) is 72.3 Å². The van der Waals surface area contributed by atoms with E-state index in [-0.39, 0.29) is 88.8 Å². The fourth-order valence-corrected chi connectivity index (χ4v) is 5.45. The molecule has 6 amide bonds. The van der Waals surface area contributed by atoms with Crippen LogP contribution in [0.2, 0.25) is 0 Å². The van der Waals surface area contributed by atoms with Crippen molar-refractivity contribution in [1.82, 2.24) is 63.1 Å². The van der Waals surface area contributed by atoms with Gasteiger partial charge in [0.15, 0.2) is 46.9 Å². The number of nitrogens with one attached hydrogen (secondary N) is 14. The Morgan fingerprint density at radius 2 is 0.688 bits per heavy atom. The van der Waals surface area contributed by atoms with E-state index in [1.165, 1.54) is 0 Å². The predicted octanol–water partition coefficient (Wildman–Crippen LogP) is -7.99. The van der Waals surface area contributed by atoms with Crippen LogP contribution in [-0.2, 0) is 19.2 Å². The normalized spacial score (nSPS) is 12.4. The van der Waals surface area contributed by atoms with Gasteiger partial charge < -0.3 is 99.0 Å². The summed E-state index contributed by atoms with van der Waals surface area (Å²) in [6, 6.07) is -4.07. The summed E-state index contributed by atoms with van der Waals surface area (Å²) in [5, 5.41) is 54.9. The Hall–Kier alpha value is -7.50. The van der Waals surface area contributed by atoms with Crippen molar-refractivity contribution in [2.75, 3.05) is 63.8 Å². The Labute approximate surface area is 369 Å². The summed E-state index contributed by atoms with van der Waals surface area (Å²) in [5.74, 6) is -6.26. The number of aromatic nitrogens is 2. The minimum atomic E-state index is -1.19. The minimum Gasteiger partial charge on any atom is -0.382 e. The lowest BCUT2D eigenvalue weighted by atomic mass is 10.1. The standard InChI is InChI=1S/C34H66N24O6/c35-17(5-1-9-51-31(39)40)25(59)47-13-15-49-27(61)19(7-3-11-53-33(43)44)55-29(63)21-23(37)58-22(24(38)57-21)30(64)56-20(8-4-12-54-34(45)46)28(62)50-16-14-48-26(60)18(36)6-2-10-52-32(41)42/h17-20H,1-16,35-36H2,(H2,38,57)(H2,37,58)(H,47,59)(H,48,60)(H,49,61)(H,50,62)(H,55,63)(H,56,64)(H4,39,40,51)(H4,41,42,52)(H4,43,44,53)(H4,45,46,54)/t17-,18?,19?,20-/m0/s1. The second-order valence-electron chi connectivity index (χ2n) is 14.1. The number of rotatable bonds is 30. The first kappa shape index (κ1) is 54.5. The van der Waals surface area contributed by atoms with E-state index in [4.69, 9.17) is 67.5 Å². The first-order valence-electron chi connectivity index (χ1n) is 20.2. The summed E-state index contributed by atoms with van der Waals surface area (Å²) in [6.45, 7) is 1.02. The number of nitrogens with zero attached hydrogens (tertiary/aromatic N) is 2. The SMILES string of the molecule is N=C(N)NCCCC(N)C(=O)NCCNC(=O)[C@H](CCCNC(=N)N)NC(=O)c1nc(N)c(C(=O)NC(CCCNC(=N)N)C(=O)NCCNC(=O)[C@@H](N)CCCNC(=N)N)nc1N. The van der Waals surface area contributed by atoms with Crippen molar-refractivity contribution >= 4 is 70.9 Å². The fourth-order valence-electron chi connectivity index (χ4n) is 5.45. The van der Waals surface area contributed by atoms with Crippen LogP contribution in [0.3, 0.4) is 0 Å². The molecule has 0 saturated heterocycles. The second kappa shape index (κ2) is 29.7. The van der Waals surface area contributed by atoms with E-state index in [0.717, 1.165) is 0 Å². The maximum absolute atomic E-state index is 13.4. The first-order chi connectivity index (χ1) is 30.2. The number of nitrogens with two attached hydrogens (primary N) is 8. The van der Waals surface area contributed by atoms with Gasteiger partial charge in [-0.2, -0.15) is 0 Å². The maximum atomic E-state index is 13.4. The average molecular weight is 907 g/mol. The zero-order valence-corrected chi connectivity index (χ0v) is 35.6. The smallest absolute Gasteiger partial charge is 0.274 e. The molecule has 0 saturated carbocycles. The molecule has 0 aliphatic heterocycles. The van der Waals surface area contributed by atoms with Gasteiger partial charge in [0.1, 0.15) is 12.1 Å². The third-order valence-corrected chi connectivity index (χ3v) is 8.73. The Morgan fingerprint density at radius 1 is 0.422 bits per heavy atom. The molecular formula is C34H66N24O6. The predicted molar refractivity (Wildman–Crippen MR) is 238 cm³/mol. The lowest BCUT2D eigenvalue weighted by Gasteiger charge is -2.20. The summed E-state index contributed by atoms with van der Waals surface area (Å²) in [4.78, 5) is 85.9. The van der Waals surface area contributed by atoms with Crippen molar-refractivity contribution < 1.29 is 28.8 Å². The van der Waals surface area contributed by atoms with Gasteiger partial charge in [-0.05, 0) is 51.4 Å². The highest BCUT2D eigenvalue weighted by Gasteiger charge is 2.28. The van der Waals surface area contributed by atoms with E-state index in [1.54, 1.807) is 0 Å². The second-order valence-corrected chi connectivity index (χ2v) is 14.1. The summed E-state index contributed by atoms with van der Waals surface area (Å²) in [5.41, 5.74) is 44.0. The Morgan fingerprint density at radius 3 is 0.969 bits per heavy atom. The van der Waals surface area contributed by atoms with Crippen molar-refractivity contribution in [2.45, 2.75) is 75.5 Å². The van der Waals surface area contributed by atoms with E-state index in [2.05, 4.69) is 63.1 Å². The topological polar surface area (TPSA) is 552 Å². The average Bonchev–Trinajstić information content (AvgIpc) is 3.22. The van der Waals surface area contributed by atoms with Crippen LogP contribution in [0, 0.1) is 21.6 Å². The zero-order valence-electron chi connectivity index (χ0n) is 35.6. The number of carbonyl (C=O) groups is 6. The van der Waals surface area contributed by atoms with Crippen molar-refractivity contribution in [3.8, 4) is 0 Å². The molecule has 30 heteroatoms. The van der Waals surface area contributed by atoms with Crippen LogP contribution < -0.4 is 99.0 Å². The van der Waals surface area contributed by atoms with Crippen LogP contribution in [-0.4, -0.2) is 146 Å². The van der Waals surface area contributed by atoms with Gasteiger partial charge in [0.05, 0.1) is 12.1 Å². The van der Waals surface area contributed by atoms with Gasteiger partial charge in [-0.15, -0.1) is 0 Å². The molecule has 4 atom stereocenters. The molecule has 30 N–H and O–H groups in total. The lowest BCUT2D eigenvalue weighted by Crippen LogP contribution is -2.50. The monoisotopic (exact) mass is 907 g/mol. The number of anilines is 2. The van der Waals surface area contributed by atoms with E-state index in [0.29, 0.717) is 38.8 Å². The Bertz CT molecular complexity index is 1650. The van der Waals surface area contributed by atoms with E-state index in [9.17, 15) is 28.8 Å². The van der Waals surface area contributed by atoms with Crippen LogP contribution in [0.4, 0.5) is 11.6 Å². The molecule has 0 aliphatic carbocycles. The maximum Gasteiger partial charge on any atom is 0.274 e. The molecule has 1 heterocycles. The summed E-state index contributed by atoms with van der Waals surface area (Å²) >= 11 is 0. The molecule has 0 fully saturated rings. The van der Waals surface area contributed by atoms with Crippen molar-refractivity contribution in [2.24, 2.45) is 34.4 Å². The highest BCUT2D eigenvalue weighted by atomic mass is 16.2. The molecule has 0 aromatic carbocycles. The fraction of sp³-hybridized carbons (Fsp3) is 0.588. The van der Waals surface area contributed by atoms with Gasteiger partial charge in [0, 0.05) is 52.4 Å². The molecular weight excluding hydrogens is 841 g/mol. The molecule has 1 rings (SSSR count). The van der Waals surface area contributed by atoms with Crippen molar-refractivity contribution in [3.63, 3.8) is 0 Å². The summed E-state index contributed by atoms with van der Waals surface area (Å²) in [6.07, 6.45) is 2.19. The van der Waals surface area contributed by atoms with Crippen LogP contribution in [0.5, 0.6) is 0 Å². The van der Waals surface area contributed by atoms with E-state index < -0.39 is 82.6 Å². The number of hydrogen-bond donors (Lipinski definition) is 22. The molecule has 358 valence electrons. The molecule has 64 heavy (non-hydrogen) atoms. The van der Waals surface area contributed by atoms with Gasteiger partial charge in [0.25, 0.3) is 11.8 Å². The summed E-state index contributed by atoms with van der Waals surface area (Å²) < 4.78 is 0. The first-order valence-corrected chi connectivity index (χ1v) is 20.2. The van der Waals surface area contributed by atoms with E-state index in [1.807, 2.05) is 0 Å². The Kier molecular flexibility index (Phi) is 25.3. The van der Waals surface area contributed by atoms with Crippen molar-refractivity contribution in [3.05, 3.63) is 11.4 Å². The van der Waals surface area contributed by atoms with Gasteiger partial charge in [-0.25, -0.2) is 9.97 Å². The van der Waals surface area contributed by atoms with Crippen LogP contribution >= 0.6 is 0 Å². The third-order valence-electron chi connectivity index (χ3n) is 8.73. The quantitative estimate of drug-likeness (QED) is 0.0194. The summed E-state index contributed by atoms with van der Waals surface area (Å²) in [7, 11) is 0. The van der Waals surface area contributed by atoms with Crippen LogP contribution in [0.25, 0.3) is 0 Å². The molecule has 0 spiro atoms. The lowest BCUT2D eigenvalue weighted by molar-refractivity contribution is -0.124. The van der Waals surface area contributed by atoms with Gasteiger partial charge in [0.2, 0.25) is 23.6 Å². The van der Waals surface area contributed by atoms with Gasteiger partial charge >= 0.3 is 0 Å². The highest BCUT2D eigenvalue weighted by Crippen LogP contribution is 2.15. The zero-order chi connectivity index (χ0) is 48.2. The Balaban J connectivity index is 2.99. The number of hydrogen-bond acceptors (Lipinski definition) is 16. The molecule has 30 nitrogen and oxygen atoms in total. The molecule has 1 aromatic heterocycles. The largest absolute Gasteiger partial charge is 0.382 e. The molecule has 0 bridgehead atoms. The minimum absolute atomic E-state index is 0.00403. The van der Waals surface area contributed by atoms with Crippen molar-refractivity contribution in [1.29, 1.82) is 21.6 Å². The number of nitrogen functional groups attached to an aromatic ring is 2. The molecule has 0 aliphatic rings. The van der Waals surface area contributed by atoms with Gasteiger partial charge in [-0.1, -0.05) is 0 Å². The number of carbonyl (C=O) groups excluding carboxylic acids is 6. The molecule has 0 radical (unpaired) electrons. The van der Waals surface area contributed by atoms with E-state index >= 15 is 0 Å². The van der Waals surface area contributed by atoms with Crippen LogP contribution in [0.15, 0.2) is 0 Å². The number of guanidine groups is 4. The highest BCUT2D eigenvalue weighted by molar-refractivity contribution is 6.03. The third kappa shape index (κ3) is 22.9. The van der Waals surface area contributed by atoms with Gasteiger partial charge in [-0.3, -0.25) is 50.4 Å². The molecule has 2 unspecified atom stereocenters. The number of amides is 6. The molecule has 1 aromatic rings.